The molecule has 0 aromatic rings. The molecule has 0 aromatic heterocycles. The summed E-state index contributed by atoms with van der Waals surface area (Å²) < 4.78 is 11.5. The molecule has 1 rings (SSSR count). The summed E-state index contributed by atoms with van der Waals surface area (Å²) in [7, 11) is 5.05. The number of rotatable bonds is 13. The van der Waals surface area contributed by atoms with Crippen molar-refractivity contribution in [1.82, 2.24) is 9.80 Å². The van der Waals surface area contributed by atoms with Gasteiger partial charge >= 0.3 is 0 Å². The summed E-state index contributed by atoms with van der Waals surface area (Å²) in [5.74, 6) is 0.247. The van der Waals surface area contributed by atoms with Gasteiger partial charge in [0.2, 0.25) is 11.8 Å². The molecule has 0 aliphatic carbocycles. The lowest BCUT2D eigenvalue weighted by atomic mass is 9.88. The highest BCUT2D eigenvalue weighted by molar-refractivity contribution is 5.78. The molecule has 1 aliphatic rings. The van der Waals surface area contributed by atoms with E-state index in [1.54, 1.807) is 19.1 Å². The lowest BCUT2D eigenvalue weighted by molar-refractivity contribution is -0.148. The van der Waals surface area contributed by atoms with Crippen LogP contribution in [-0.2, 0) is 23.9 Å². The predicted molar refractivity (Wildman–Crippen MR) is 126 cm³/mol. The third-order valence-electron chi connectivity index (χ3n) is 6.96. The van der Waals surface area contributed by atoms with Gasteiger partial charge in [0.1, 0.15) is 6.29 Å². The summed E-state index contributed by atoms with van der Waals surface area (Å²) in [6, 6.07) is -0.308. The van der Waals surface area contributed by atoms with Crippen molar-refractivity contribution in [2.75, 3.05) is 27.8 Å². The zero-order valence-corrected chi connectivity index (χ0v) is 21.5. The molecular weight excluding hydrogens is 408 g/mol. The van der Waals surface area contributed by atoms with Crippen LogP contribution in [0.15, 0.2) is 0 Å². The molecule has 1 heterocycles. The number of carbonyl (C=O) groups excluding carboxylic acids is 3. The fraction of sp³-hybridized carbons (Fsp3) is 0.880. The van der Waals surface area contributed by atoms with E-state index in [9.17, 15) is 14.4 Å². The SMILES string of the molecule is CCC(C)C(C(CC(=O)N1CCCCC1C(OC)C(C)C=O)OC)N(C)C(=O)CC(C)C. The molecule has 0 radical (unpaired) electrons. The van der Waals surface area contributed by atoms with Gasteiger partial charge in [-0.1, -0.05) is 41.0 Å². The van der Waals surface area contributed by atoms with E-state index in [4.69, 9.17) is 9.47 Å². The smallest absolute Gasteiger partial charge is 0.225 e. The molecule has 32 heavy (non-hydrogen) atoms. The molecule has 7 nitrogen and oxygen atoms in total. The molecule has 186 valence electrons. The molecule has 0 aromatic carbocycles. The van der Waals surface area contributed by atoms with Crippen LogP contribution in [0.1, 0.15) is 73.1 Å². The quantitative estimate of drug-likeness (QED) is 0.398. The average Bonchev–Trinajstić information content (AvgIpc) is 2.78. The first kappa shape index (κ1) is 28.6. The minimum absolute atomic E-state index is 0.000268. The number of hydrogen-bond acceptors (Lipinski definition) is 5. The van der Waals surface area contributed by atoms with Crippen LogP contribution >= 0.6 is 0 Å². The maximum Gasteiger partial charge on any atom is 0.225 e. The molecule has 6 unspecified atom stereocenters. The van der Waals surface area contributed by atoms with Gasteiger partial charge in [-0.15, -0.1) is 0 Å². The Labute approximate surface area is 195 Å². The lowest BCUT2D eigenvalue weighted by Crippen LogP contribution is -2.55. The second-order valence-corrected chi connectivity index (χ2v) is 9.80. The number of amides is 2. The summed E-state index contributed by atoms with van der Waals surface area (Å²) in [6.45, 7) is 10.8. The predicted octanol–water partition coefficient (Wildman–Crippen LogP) is 3.54. The third-order valence-corrected chi connectivity index (χ3v) is 6.96. The number of aldehydes is 1. The lowest BCUT2D eigenvalue weighted by Gasteiger charge is -2.43. The molecular formula is C25H46N2O5. The third kappa shape index (κ3) is 7.55. The van der Waals surface area contributed by atoms with Crippen molar-refractivity contribution >= 4 is 18.1 Å². The zero-order valence-electron chi connectivity index (χ0n) is 21.5. The van der Waals surface area contributed by atoms with Crippen molar-refractivity contribution in [1.29, 1.82) is 0 Å². The second kappa shape index (κ2) is 13.9. The second-order valence-electron chi connectivity index (χ2n) is 9.80. The molecule has 7 heteroatoms. The van der Waals surface area contributed by atoms with Crippen LogP contribution in [0.25, 0.3) is 0 Å². The molecule has 6 atom stereocenters. The van der Waals surface area contributed by atoms with Gasteiger partial charge in [0.05, 0.1) is 30.7 Å². The fourth-order valence-electron chi connectivity index (χ4n) is 4.94. The normalized spacial score (nSPS) is 21.5. The number of hydrogen-bond donors (Lipinski definition) is 0. The number of piperidine rings is 1. The summed E-state index contributed by atoms with van der Waals surface area (Å²) >= 11 is 0. The summed E-state index contributed by atoms with van der Waals surface area (Å²) in [5, 5.41) is 0. The molecule has 0 spiro atoms. The highest BCUT2D eigenvalue weighted by Gasteiger charge is 2.39. The van der Waals surface area contributed by atoms with Crippen LogP contribution < -0.4 is 0 Å². The maximum absolute atomic E-state index is 13.5. The van der Waals surface area contributed by atoms with Crippen LogP contribution in [0.2, 0.25) is 0 Å². The number of ether oxygens (including phenoxy) is 2. The van der Waals surface area contributed by atoms with E-state index in [-0.39, 0.29) is 54.2 Å². The fourth-order valence-corrected chi connectivity index (χ4v) is 4.94. The number of methoxy groups -OCH3 is 2. The molecule has 1 aliphatic heterocycles. The number of likely N-dealkylation sites (N-methyl/N-ethyl adjacent to an activating group) is 1. The van der Waals surface area contributed by atoms with E-state index < -0.39 is 6.10 Å². The van der Waals surface area contributed by atoms with Crippen molar-refractivity contribution in [2.45, 2.75) is 97.4 Å². The van der Waals surface area contributed by atoms with Gasteiger partial charge in [0.15, 0.2) is 0 Å². The van der Waals surface area contributed by atoms with Gasteiger partial charge in [-0.05, 0) is 31.1 Å². The van der Waals surface area contributed by atoms with Crippen LogP contribution in [-0.4, -0.2) is 80.0 Å². The van der Waals surface area contributed by atoms with Crippen molar-refractivity contribution < 1.29 is 23.9 Å². The van der Waals surface area contributed by atoms with Gasteiger partial charge in [-0.25, -0.2) is 0 Å². The highest BCUT2D eigenvalue weighted by Crippen LogP contribution is 2.28. The van der Waals surface area contributed by atoms with E-state index in [0.717, 1.165) is 32.0 Å². The molecule has 0 saturated carbocycles. The summed E-state index contributed by atoms with van der Waals surface area (Å²) in [5.41, 5.74) is 0. The molecule has 0 N–H and O–H groups in total. The van der Waals surface area contributed by atoms with Gasteiger partial charge < -0.3 is 24.1 Å². The maximum atomic E-state index is 13.5. The highest BCUT2D eigenvalue weighted by atomic mass is 16.5. The Morgan fingerprint density at radius 1 is 1.09 bits per heavy atom. The first-order chi connectivity index (χ1) is 15.1. The first-order valence-electron chi connectivity index (χ1n) is 12.2. The van der Waals surface area contributed by atoms with Crippen LogP contribution in [0.4, 0.5) is 0 Å². The van der Waals surface area contributed by atoms with Crippen LogP contribution in [0.5, 0.6) is 0 Å². The monoisotopic (exact) mass is 454 g/mol. The minimum Gasteiger partial charge on any atom is -0.379 e. The first-order valence-corrected chi connectivity index (χ1v) is 12.2. The van der Waals surface area contributed by atoms with Gasteiger partial charge in [-0.3, -0.25) is 9.59 Å². The Balaban J connectivity index is 3.09. The van der Waals surface area contributed by atoms with E-state index in [1.807, 2.05) is 32.7 Å². The van der Waals surface area contributed by atoms with Gasteiger partial charge in [0, 0.05) is 40.2 Å². The minimum atomic E-state index is -0.398. The zero-order chi connectivity index (χ0) is 24.4. The van der Waals surface area contributed by atoms with E-state index in [0.29, 0.717) is 13.0 Å². The van der Waals surface area contributed by atoms with Crippen molar-refractivity contribution in [3.8, 4) is 0 Å². The Kier molecular flexibility index (Phi) is 12.4. The van der Waals surface area contributed by atoms with Crippen molar-refractivity contribution in [3.63, 3.8) is 0 Å². The molecule has 1 saturated heterocycles. The number of nitrogens with zero attached hydrogens (tertiary/aromatic N) is 2. The van der Waals surface area contributed by atoms with Gasteiger partial charge in [-0.2, -0.15) is 0 Å². The largest absolute Gasteiger partial charge is 0.379 e. The van der Waals surface area contributed by atoms with Crippen LogP contribution in [0, 0.1) is 17.8 Å². The Hall–Kier alpha value is -1.47. The summed E-state index contributed by atoms with van der Waals surface area (Å²) in [4.78, 5) is 41.4. The molecule has 2 amide bonds. The Morgan fingerprint density at radius 2 is 1.75 bits per heavy atom. The Bertz CT molecular complexity index is 597. The van der Waals surface area contributed by atoms with Gasteiger partial charge in [0.25, 0.3) is 0 Å². The standard InChI is InChI=1S/C25H46N2O5/c1-9-18(4)24(26(6)22(29)14-17(2)3)21(31-7)15-23(30)27-13-11-10-12-20(27)25(32-8)19(5)16-28/h16-21,24-25H,9-15H2,1-8H3. The van der Waals surface area contributed by atoms with E-state index >= 15 is 0 Å². The van der Waals surface area contributed by atoms with Crippen molar-refractivity contribution in [3.05, 3.63) is 0 Å². The average molecular weight is 455 g/mol. The Morgan fingerprint density at radius 3 is 2.25 bits per heavy atom. The van der Waals surface area contributed by atoms with E-state index in [1.165, 1.54) is 0 Å². The molecule has 0 bridgehead atoms. The van der Waals surface area contributed by atoms with E-state index in [2.05, 4.69) is 13.8 Å². The molecule has 1 fully saturated rings. The topological polar surface area (TPSA) is 76.2 Å². The summed E-state index contributed by atoms with van der Waals surface area (Å²) in [6.07, 6.45) is 4.51. The number of likely N-dealkylation sites (tertiary alicyclic amines) is 1. The number of carbonyl (C=O) groups is 3. The van der Waals surface area contributed by atoms with Crippen LogP contribution in [0.3, 0.4) is 0 Å². The van der Waals surface area contributed by atoms with Crippen molar-refractivity contribution in [2.24, 2.45) is 17.8 Å².